The third-order valence-electron chi connectivity index (χ3n) is 4.26. The van der Waals surface area contributed by atoms with Gasteiger partial charge in [-0.25, -0.2) is 0 Å². The molecule has 3 aromatic rings. The van der Waals surface area contributed by atoms with E-state index in [1.54, 1.807) is 48.5 Å². The van der Waals surface area contributed by atoms with Gasteiger partial charge in [0.25, 0.3) is 11.8 Å². The first-order valence-corrected chi connectivity index (χ1v) is 9.65. The highest BCUT2D eigenvalue weighted by Crippen LogP contribution is 2.18. The Kier molecular flexibility index (Phi) is 7.24. The quantitative estimate of drug-likeness (QED) is 0.522. The smallest absolute Gasteiger partial charge is 0.291 e. The predicted octanol–water partition coefficient (Wildman–Crippen LogP) is 4.11. The Morgan fingerprint density at radius 3 is 2.40 bits per heavy atom. The number of hydrogen-bond donors (Lipinski definition) is 2. The number of rotatable bonds is 9. The van der Waals surface area contributed by atoms with E-state index in [0.29, 0.717) is 23.5 Å². The Labute approximate surface area is 175 Å². The number of nitrogens with one attached hydrogen (secondary N) is 2. The number of ether oxygens (including phenoxy) is 1. The van der Waals surface area contributed by atoms with E-state index in [0.717, 1.165) is 18.7 Å². The molecule has 1 aromatic heterocycles. The van der Waals surface area contributed by atoms with Crippen LogP contribution in [0.25, 0.3) is 0 Å². The third-order valence-corrected chi connectivity index (χ3v) is 4.26. The van der Waals surface area contributed by atoms with Crippen molar-refractivity contribution in [3.63, 3.8) is 0 Å². The summed E-state index contributed by atoms with van der Waals surface area (Å²) in [4.78, 5) is 26.8. The van der Waals surface area contributed by atoms with Crippen LogP contribution in [-0.4, -0.2) is 44.0 Å². The highest BCUT2D eigenvalue weighted by Gasteiger charge is 2.11. The number of furan rings is 1. The maximum atomic E-state index is 12.6. The van der Waals surface area contributed by atoms with Crippen molar-refractivity contribution in [2.45, 2.75) is 6.42 Å². The summed E-state index contributed by atoms with van der Waals surface area (Å²) >= 11 is 0. The van der Waals surface area contributed by atoms with Crippen LogP contribution in [0.4, 0.5) is 11.4 Å². The summed E-state index contributed by atoms with van der Waals surface area (Å²) < 4.78 is 10.8. The molecule has 0 aliphatic carbocycles. The second-order valence-corrected chi connectivity index (χ2v) is 7.00. The van der Waals surface area contributed by atoms with Crippen molar-refractivity contribution in [3.05, 3.63) is 78.3 Å². The largest absolute Gasteiger partial charge is 0.494 e. The Morgan fingerprint density at radius 1 is 0.933 bits per heavy atom. The second kappa shape index (κ2) is 10.3. The third kappa shape index (κ3) is 6.22. The molecule has 0 unspecified atom stereocenters. The van der Waals surface area contributed by atoms with E-state index in [1.807, 2.05) is 26.2 Å². The van der Waals surface area contributed by atoms with E-state index < -0.39 is 0 Å². The van der Waals surface area contributed by atoms with Crippen LogP contribution in [0.1, 0.15) is 27.3 Å². The molecule has 0 saturated carbocycles. The van der Waals surface area contributed by atoms with E-state index in [9.17, 15) is 9.59 Å². The van der Waals surface area contributed by atoms with Gasteiger partial charge in [-0.05, 0) is 75.1 Å². The molecule has 0 fully saturated rings. The highest BCUT2D eigenvalue weighted by molar-refractivity contribution is 6.06. The zero-order valence-corrected chi connectivity index (χ0v) is 17.1. The van der Waals surface area contributed by atoms with Crippen LogP contribution in [-0.2, 0) is 0 Å². The molecule has 7 heteroatoms. The van der Waals surface area contributed by atoms with Gasteiger partial charge in [0.1, 0.15) is 5.75 Å². The van der Waals surface area contributed by atoms with Gasteiger partial charge in [0.15, 0.2) is 5.76 Å². The van der Waals surface area contributed by atoms with Gasteiger partial charge in [0.2, 0.25) is 0 Å². The number of hydrogen-bond acceptors (Lipinski definition) is 5. The SMILES string of the molecule is CN(C)CCCOc1ccc(NC(=O)c2cccc(NC(=O)c3ccco3)c2)cc1. The van der Waals surface area contributed by atoms with Gasteiger partial charge >= 0.3 is 0 Å². The average molecular weight is 407 g/mol. The molecule has 2 amide bonds. The van der Waals surface area contributed by atoms with Crippen LogP contribution in [0.2, 0.25) is 0 Å². The molecule has 0 bridgehead atoms. The van der Waals surface area contributed by atoms with Gasteiger partial charge in [-0.15, -0.1) is 0 Å². The Balaban J connectivity index is 1.54. The van der Waals surface area contributed by atoms with Gasteiger partial charge < -0.3 is 24.7 Å². The van der Waals surface area contributed by atoms with Crippen molar-refractivity contribution in [1.29, 1.82) is 0 Å². The first-order valence-electron chi connectivity index (χ1n) is 9.65. The maximum Gasteiger partial charge on any atom is 0.291 e. The first-order chi connectivity index (χ1) is 14.5. The summed E-state index contributed by atoms with van der Waals surface area (Å²) in [5, 5.41) is 5.55. The standard InChI is InChI=1S/C23H25N3O4/c1-26(2)13-5-15-29-20-11-9-18(10-12-20)24-22(27)17-6-3-7-19(16-17)25-23(28)21-8-4-14-30-21/h3-4,6-12,14,16H,5,13,15H2,1-2H3,(H,24,27)(H,25,28). The van der Waals surface area contributed by atoms with Crippen LogP contribution in [0.5, 0.6) is 5.75 Å². The van der Waals surface area contributed by atoms with Gasteiger partial charge in [-0.1, -0.05) is 6.07 Å². The Bertz CT molecular complexity index is 966. The summed E-state index contributed by atoms with van der Waals surface area (Å²) in [7, 11) is 4.06. The minimum Gasteiger partial charge on any atom is -0.494 e. The van der Waals surface area contributed by atoms with Crippen LogP contribution in [0.3, 0.4) is 0 Å². The van der Waals surface area contributed by atoms with Crippen molar-refractivity contribution < 1.29 is 18.7 Å². The molecule has 7 nitrogen and oxygen atoms in total. The summed E-state index contributed by atoms with van der Waals surface area (Å²) in [6.07, 6.45) is 2.37. The molecule has 30 heavy (non-hydrogen) atoms. The summed E-state index contributed by atoms with van der Waals surface area (Å²) in [6, 6.07) is 17.1. The number of carbonyl (C=O) groups excluding carboxylic acids is 2. The van der Waals surface area contributed by atoms with Crippen LogP contribution >= 0.6 is 0 Å². The van der Waals surface area contributed by atoms with Crippen molar-refractivity contribution in [3.8, 4) is 5.75 Å². The molecule has 3 rings (SSSR count). The fraction of sp³-hybridized carbons (Fsp3) is 0.217. The monoisotopic (exact) mass is 407 g/mol. The first kappa shape index (κ1) is 21.1. The fourth-order valence-corrected chi connectivity index (χ4v) is 2.75. The van der Waals surface area contributed by atoms with E-state index in [4.69, 9.17) is 9.15 Å². The lowest BCUT2D eigenvalue weighted by molar-refractivity contribution is 0.0993. The summed E-state index contributed by atoms with van der Waals surface area (Å²) in [6.45, 7) is 1.61. The van der Waals surface area contributed by atoms with Crippen molar-refractivity contribution in [2.75, 3.05) is 37.9 Å². The molecular formula is C23H25N3O4. The zero-order valence-electron chi connectivity index (χ0n) is 17.1. The minimum absolute atomic E-state index is 0.203. The average Bonchev–Trinajstić information content (AvgIpc) is 3.27. The maximum absolute atomic E-state index is 12.6. The molecular weight excluding hydrogens is 382 g/mol. The molecule has 0 saturated heterocycles. The molecule has 0 spiro atoms. The van der Waals surface area contributed by atoms with Gasteiger partial charge in [0, 0.05) is 23.5 Å². The number of nitrogens with zero attached hydrogens (tertiary/aromatic N) is 1. The normalized spacial score (nSPS) is 10.6. The number of anilines is 2. The lowest BCUT2D eigenvalue weighted by Crippen LogP contribution is -2.15. The predicted molar refractivity (Wildman–Crippen MR) is 116 cm³/mol. The molecule has 0 atom stereocenters. The number of carbonyl (C=O) groups is 2. The molecule has 1 heterocycles. The van der Waals surface area contributed by atoms with E-state index >= 15 is 0 Å². The lowest BCUT2D eigenvalue weighted by atomic mass is 10.1. The Hall–Kier alpha value is -3.58. The Morgan fingerprint density at radius 2 is 1.70 bits per heavy atom. The van der Waals surface area contributed by atoms with E-state index in [1.165, 1.54) is 6.26 Å². The van der Waals surface area contributed by atoms with Crippen LogP contribution < -0.4 is 15.4 Å². The number of amides is 2. The molecule has 0 radical (unpaired) electrons. The fourth-order valence-electron chi connectivity index (χ4n) is 2.75. The molecule has 2 N–H and O–H groups in total. The molecule has 0 aliphatic heterocycles. The highest BCUT2D eigenvalue weighted by atomic mass is 16.5. The zero-order chi connectivity index (χ0) is 21.3. The number of benzene rings is 2. The second-order valence-electron chi connectivity index (χ2n) is 7.00. The van der Waals surface area contributed by atoms with Crippen molar-refractivity contribution >= 4 is 23.2 Å². The summed E-state index contributed by atoms with van der Waals surface area (Å²) in [5.74, 6) is 0.311. The minimum atomic E-state index is -0.376. The van der Waals surface area contributed by atoms with Crippen LogP contribution in [0.15, 0.2) is 71.3 Å². The van der Waals surface area contributed by atoms with Crippen LogP contribution in [0, 0.1) is 0 Å². The van der Waals surface area contributed by atoms with E-state index in [-0.39, 0.29) is 17.6 Å². The van der Waals surface area contributed by atoms with Gasteiger partial charge in [0.05, 0.1) is 12.9 Å². The lowest BCUT2D eigenvalue weighted by Gasteiger charge is -2.11. The van der Waals surface area contributed by atoms with Gasteiger partial charge in [-0.3, -0.25) is 9.59 Å². The molecule has 0 aliphatic rings. The van der Waals surface area contributed by atoms with Crippen molar-refractivity contribution in [1.82, 2.24) is 4.90 Å². The molecule has 156 valence electrons. The summed E-state index contributed by atoms with van der Waals surface area (Å²) in [5.41, 5.74) is 1.59. The van der Waals surface area contributed by atoms with E-state index in [2.05, 4.69) is 15.5 Å². The van der Waals surface area contributed by atoms with Crippen molar-refractivity contribution in [2.24, 2.45) is 0 Å². The molecule has 2 aromatic carbocycles. The van der Waals surface area contributed by atoms with Gasteiger partial charge in [-0.2, -0.15) is 0 Å². The topological polar surface area (TPSA) is 83.8 Å².